The number of esters is 1. The Labute approximate surface area is 166 Å². The summed E-state index contributed by atoms with van der Waals surface area (Å²) in [5.41, 5.74) is 3.07. The molecule has 0 fully saturated rings. The van der Waals surface area contributed by atoms with Crippen LogP contribution in [0.4, 0.5) is 5.69 Å². The second kappa shape index (κ2) is 9.14. The normalized spacial score (nSPS) is 10.5. The fourth-order valence-corrected chi connectivity index (χ4v) is 3.13. The van der Waals surface area contributed by atoms with Crippen LogP contribution in [0.5, 0.6) is 0 Å². The first-order valence-electron chi connectivity index (χ1n) is 8.59. The minimum absolute atomic E-state index is 0.148. The Kier molecular flexibility index (Phi) is 6.38. The number of carbonyl (C=O) groups is 2. The number of nitrogens with zero attached hydrogens (tertiary/aromatic N) is 4. The number of benzene rings is 2. The first-order chi connectivity index (χ1) is 13.6. The number of nitrogens with one attached hydrogen (secondary N) is 1. The fraction of sp³-hybridized carbons (Fsp3) is 0.211. The zero-order valence-electron chi connectivity index (χ0n) is 15.5. The van der Waals surface area contributed by atoms with Gasteiger partial charge in [-0.1, -0.05) is 30.8 Å². The van der Waals surface area contributed by atoms with Gasteiger partial charge in [0.15, 0.2) is 0 Å². The Morgan fingerprint density at radius 2 is 1.82 bits per heavy atom. The number of thioether (sulfide) groups is 1. The molecule has 0 unspecified atom stereocenters. The summed E-state index contributed by atoms with van der Waals surface area (Å²) < 4.78 is 6.19. The fourth-order valence-electron chi connectivity index (χ4n) is 2.44. The van der Waals surface area contributed by atoms with Crippen molar-refractivity contribution in [2.24, 2.45) is 0 Å². The van der Waals surface area contributed by atoms with E-state index < -0.39 is 5.97 Å². The van der Waals surface area contributed by atoms with E-state index in [-0.39, 0.29) is 11.7 Å². The number of hydrogen-bond donors (Lipinski definition) is 1. The lowest BCUT2D eigenvalue weighted by atomic mass is 10.1. The molecule has 0 bridgehead atoms. The summed E-state index contributed by atoms with van der Waals surface area (Å²) in [5, 5.41) is 14.9. The summed E-state index contributed by atoms with van der Waals surface area (Å²) in [6.45, 7) is 2.08. The maximum atomic E-state index is 12.2. The largest absolute Gasteiger partial charge is 0.465 e. The number of carbonyl (C=O) groups excluding carboxylic acids is 2. The maximum absolute atomic E-state index is 12.2. The van der Waals surface area contributed by atoms with Crippen LogP contribution in [0.25, 0.3) is 5.69 Å². The van der Waals surface area contributed by atoms with Gasteiger partial charge in [-0.05, 0) is 58.8 Å². The van der Waals surface area contributed by atoms with Gasteiger partial charge in [0.1, 0.15) is 0 Å². The zero-order chi connectivity index (χ0) is 19.9. The Balaban J connectivity index is 1.62. The van der Waals surface area contributed by atoms with E-state index in [4.69, 9.17) is 0 Å². The molecule has 0 saturated heterocycles. The first-order valence-corrected chi connectivity index (χ1v) is 9.58. The highest BCUT2D eigenvalue weighted by molar-refractivity contribution is 7.99. The second-order valence-electron chi connectivity index (χ2n) is 5.80. The van der Waals surface area contributed by atoms with Crippen molar-refractivity contribution in [2.45, 2.75) is 18.5 Å². The Morgan fingerprint density at radius 1 is 1.11 bits per heavy atom. The topological polar surface area (TPSA) is 99.0 Å². The van der Waals surface area contributed by atoms with Crippen molar-refractivity contribution in [1.82, 2.24) is 20.2 Å². The van der Waals surface area contributed by atoms with Crippen LogP contribution in [0.3, 0.4) is 0 Å². The molecule has 0 aliphatic rings. The number of aromatic nitrogens is 4. The number of aryl methyl sites for hydroxylation is 1. The number of tetrazole rings is 1. The van der Waals surface area contributed by atoms with Gasteiger partial charge in [0, 0.05) is 5.69 Å². The summed E-state index contributed by atoms with van der Waals surface area (Å²) in [6, 6.07) is 14.4. The van der Waals surface area contributed by atoms with Crippen LogP contribution in [-0.4, -0.2) is 44.9 Å². The molecule has 1 amide bonds. The molecule has 0 saturated carbocycles. The van der Waals surface area contributed by atoms with Crippen LogP contribution in [-0.2, 0) is 16.0 Å². The van der Waals surface area contributed by atoms with Gasteiger partial charge >= 0.3 is 5.97 Å². The Morgan fingerprint density at radius 3 is 2.46 bits per heavy atom. The standard InChI is InChI=1S/C19H19N5O3S/c1-3-13-4-8-15(9-5-13)20-17(25)12-28-19-21-22-23-24(19)16-10-6-14(7-11-16)18(26)27-2/h4-11H,3,12H2,1-2H3,(H,20,25). The number of methoxy groups -OCH3 is 1. The highest BCUT2D eigenvalue weighted by Crippen LogP contribution is 2.19. The van der Waals surface area contributed by atoms with Gasteiger partial charge in [-0.25, -0.2) is 4.79 Å². The van der Waals surface area contributed by atoms with E-state index in [1.807, 2.05) is 24.3 Å². The second-order valence-corrected chi connectivity index (χ2v) is 6.74. The molecule has 1 aromatic heterocycles. The Bertz CT molecular complexity index is 954. The molecule has 1 heterocycles. The predicted molar refractivity (Wildman–Crippen MR) is 106 cm³/mol. The predicted octanol–water partition coefficient (Wildman–Crippen LogP) is 2.74. The third-order valence-electron chi connectivity index (χ3n) is 3.95. The summed E-state index contributed by atoms with van der Waals surface area (Å²) in [6.07, 6.45) is 0.952. The quantitative estimate of drug-likeness (QED) is 0.483. The van der Waals surface area contributed by atoms with Gasteiger partial charge in [0.2, 0.25) is 11.1 Å². The molecule has 2 aromatic carbocycles. The molecular weight excluding hydrogens is 378 g/mol. The molecule has 0 spiro atoms. The van der Waals surface area contributed by atoms with E-state index in [1.165, 1.54) is 29.1 Å². The van der Waals surface area contributed by atoms with E-state index >= 15 is 0 Å². The molecule has 28 heavy (non-hydrogen) atoms. The average Bonchev–Trinajstić information content (AvgIpc) is 3.21. The lowest BCUT2D eigenvalue weighted by Gasteiger charge is -2.07. The molecule has 0 atom stereocenters. The molecule has 9 heteroatoms. The van der Waals surface area contributed by atoms with Crippen LogP contribution >= 0.6 is 11.8 Å². The monoisotopic (exact) mass is 397 g/mol. The van der Waals surface area contributed by atoms with E-state index in [0.717, 1.165) is 12.1 Å². The van der Waals surface area contributed by atoms with Crippen LogP contribution < -0.4 is 5.32 Å². The van der Waals surface area contributed by atoms with Crippen molar-refractivity contribution in [3.05, 3.63) is 59.7 Å². The maximum Gasteiger partial charge on any atom is 0.337 e. The highest BCUT2D eigenvalue weighted by Gasteiger charge is 2.13. The summed E-state index contributed by atoms with van der Waals surface area (Å²) in [5.74, 6) is -0.401. The summed E-state index contributed by atoms with van der Waals surface area (Å²) >= 11 is 1.22. The van der Waals surface area contributed by atoms with Crippen molar-refractivity contribution >= 4 is 29.3 Å². The molecule has 1 N–H and O–H groups in total. The molecule has 3 aromatic rings. The van der Waals surface area contributed by atoms with Crippen molar-refractivity contribution in [3.8, 4) is 5.69 Å². The molecule has 3 rings (SSSR count). The minimum atomic E-state index is -0.415. The van der Waals surface area contributed by atoms with Crippen molar-refractivity contribution < 1.29 is 14.3 Å². The van der Waals surface area contributed by atoms with E-state index in [1.54, 1.807) is 24.3 Å². The smallest absolute Gasteiger partial charge is 0.337 e. The van der Waals surface area contributed by atoms with Gasteiger partial charge in [-0.3, -0.25) is 4.79 Å². The van der Waals surface area contributed by atoms with Crippen LogP contribution in [0.1, 0.15) is 22.8 Å². The molecule has 0 radical (unpaired) electrons. The van der Waals surface area contributed by atoms with E-state index in [0.29, 0.717) is 16.4 Å². The van der Waals surface area contributed by atoms with Crippen molar-refractivity contribution in [2.75, 3.05) is 18.2 Å². The molecule has 0 aliphatic carbocycles. The van der Waals surface area contributed by atoms with Gasteiger partial charge < -0.3 is 10.1 Å². The zero-order valence-corrected chi connectivity index (χ0v) is 16.3. The average molecular weight is 397 g/mol. The Hall–Kier alpha value is -3.20. The van der Waals surface area contributed by atoms with Crippen molar-refractivity contribution in [3.63, 3.8) is 0 Å². The highest BCUT2D eigenvalue weighted by atomic mass is 32.2. The van der Waals surface area contributed by atoms with Crippen molar-refractivity contribution in [1.29, 1.82) is 0 Å². The van der Waals surface area contributed by atoms with Gasteiger partial charge in [0.25, 0.3) is 0 Å². The number of anilines is 1. The molecular formula is C19H19N5O3S. The number of amides is 1. The SMILES string of the molecule is CCc1ccc(NC(=O)CSc2nnnn2-c2ccc(C(=O)OC)cc2)cc1. The number of rotatable bonds is 7. The lowest BCUT2D eigenvalue weighted by molar-refractivity contribution is -0.113. The van der Waals surface area contributed by atoms with Crippen LogP contribution in [0.15, 0.2) is 53.7 Å². The van der Waals surface area contributed by atoms with Gasteiger partial charge in [-0.15, -0.1) is 5.10 Å². The third kappa shape index (κ3) is 4.74. The van der Waals surface area contributed by atoms with Gasteiger partial charge in [-0.2, -0.15) is 4.68 Å². The lowest BCUT2D eigenvalue weighted by Crippen LogP contribution is -2.14. The number of hydrogen-bond acceptors (Lipinski definition) is 7. The molecule has 0 aliphatic heterocycles. The summed E-state index contributed by atoms with van der Waals surface area (Å²) in [7, 11) is 1.33. The van der Waals surface area contributed by atoms with Crippen LogP contribution in [0.2, 0.25) is 0 Å². The third-order valence-corrected chi connectivity index (χ3v) is 4.87. The first kappa shape index (κ1) is 19.6. The molecule has 144 valence electrons. The summed E-state index contributed by atoms with van der Waals surface area (Å²) in [4.78, 5) is 23.7. The van der Waals surface area contributed by atoms with E-state index in [9.17, 15) is 9.59 Å². The molecule has 8 nitrogen and oxygen atoms in total. The van der Waals surface area contributed by atoms with E-state index in [2.05, 4.69) is 32.5 Å². The van der Waals surface area contributed by atoms with Crippen LogP contribution in [0, 0.1) is 0 Å². The minimum Gasteiger partial charge on any atom is -0.465 e. The number of ether oxygens (including phenoxy) is 1. The van der Waals surface area contributed by atoms with Gasteiger partial charge in [0.05, 0.1) is 24.1 Å².